The Kier molecular flexibility index (Phi) is 7.52. The molecule has 4 heteroatoms. The molecule has 1 aliphatic heterocycles. The molecular weight excluding hydrogens is 250 g/mol. The van der Waals surface area contributed by atoms with Gasteiger partial charge in [-0.05, 0) is 57.0 Å². The molecule has 1 saturated heterocycles. The van der Waals surface area contributed by atoms with Crippen molar-refractivity contribution in [1.29, 1.82) is 0 Å². The van der Waals surface area contributed by atoms with Crippen molar-refractivity contribution in [3.05, 3.63) is 0 Å². The second kappa shape index (κ2) is 8.63. The van der Waals surface area contributed by atoms with Gasteiger partial charge in [-0.2, -0.15) is 0 Å². The van der Waals surface area contributed by atoms with Crippen molar-refractivity contribution >= 4 is 5.91 Å². The highest BCUT2D eigenvalue weighted by molar-refractivity contribution is 5.78. The number of likely N-dealkylation sites (tertiary alicyclic amines) is 1. The van der Waals surface area contributed by atoms with Crippen molar-refractivity contribution in [2.75, 3.05) is 26.2 Å². The molecule has 1 heterocycles. The van der Waals surface area contributed by atoms with Gasteiger partial charge in [0.1, 0.15) is 0 Å². The Balaban J connectivity index is 2.28. The van der Waals surface area contributed by atoms with E-state index in [4.69, 9.17) is 5.73 Å². The van der Waals surface area contributed by atoms with E-state index in [1.165, 1.54) is 0 Å². The molecule has 1 aliphatic rings. The van der Waals surface area contributed by atoms with Crippen LogP contribution in [0, 0.1) is 17.8 Å². The van der Waals surface area contributed by atoms with E-state index in [0.29, 0.717) is 24.3 Å². The predicted octanol–water partition coefficient (Wildman–Crippen LogP) is 1.84. The average molecular weight is 283 g/mol. The lowest BCUT2D eigenvalue weighted by molar-refractivity contribution is -0.123. The summed E-state index contributed by atoms with van der Waals surface area (Å²) in [5.74, 6) is 2.08. The van der Waals surface area contributed by atoms with Crippen LogP contribution < -0.4 is 11.1 Å². The first-order valence-electron chi connectivity index (χ1n) is 8.14. The van der Waals surface area contributed by atoms with Gasteiger partial charge in [0.15, 0.2) is 0 Å². The van der Waals surface area contributed by atoms with Crippen LogP contribution in [0.25, 0.3) is 0 Å². The van der Waals surface area contributed by atoms with E-state index in [-0.39, 0.29) is 11.9 Å². The average Bonchev–Trinajstić information content (AvgIpc) is 2.38. The Morgan fingerprint density at radius 2 is 2.05 bits per heavy atom. The largest absolute Gasteiger partial charge is 0.353 e. The summed E-state index contributed by atoms with van der Waals surface area (Å²) in [5.41, 5.74) is 5.81. The second-order valence-corrected chi connectivity index (χ2v) is 6.94. The molecule has 0 aromatic rings. The first-order valence-corrected chi connectivity index (χ1v) is 8.14. The molecule has 1 rings (SSSR count). The third-order valence-electron chi connectivity index (χ3n) is 4.45. The molecule has 4 nitrogen and oxygen atoms in total. The molecule has 0 aromatic carbocycles. The van der Waals surface area contributed by atoms with Gasteiger partial charge in [0.25, 0.3) is 0 Å². The fraction of sp³-hybridized carbons (Fsp3) is 0.938. The van der Waals surface area contributed by atoms with E-state index in [0.717, 1.165) is 38.9 Å². The van der Waals surface area contributed by atoms with Crippen molar-refractivity contribution in [3.8, 4) is 0 Å². The monoisotopic (exact) mass is 283 g/mol. The zero-order chi connectivity index (χ0) is 15.1. The molecule has 0 saturated carbocycles. The van der Waals surface area contributed by atoms with Crippen molar-refractivity contribution in [2.45, 2.75) is 53.0 Å². The quantitative estimate of drug-likeness (QED) is 0.749. The van der Waals surface area contributed by atoms with Crippen LogP contribution in [0.5, 0.6) is 0 Å². The Hall–Kier alpha value is -0.610. The molecule has 1 amide bonds. The van der Waals surface area contributed by atoms with Crippen molar-refractivity contribution in [1.82, 2.24) is 10.2 Å². The van der Waals surface area contributed by atoms with Gasteiger partial charge in [-0.15, -0.1) is 0 Å². The smallest absolute Gasteiger partial charge is 0.234 e. The number of nitrogens with two attached hydrogens (primary N) is 1. The number of nitrogens with zero attached hydrogens (tertiary/aromatic N) is 1. The van der Waals surface area contributed by atoms with Crippen LogP contribution in [0.2, 0.25) is 0 Å². The highest BCUT2D eigenvalue weighted by Crippen LogP contribution is 2.21. The van der Waals surface area contributed by atoms with E-state index in [1.54, 1.807) is 0 Å². The molecule has 3 atom stereocenters. The summed E-state index contributed by atoms with van der Waals surface area (Å²) in [5, 5.41) is 3.11. The zero-order valence-corrected chi connectivity index (χ0v) is 13.7. The summed E-state index contributed by atoms with van der Waals surface area (Å²) in [6.45, 7) is 12.0. The summed E-state index contributed by atoms with van der Waals surface area (Å²) in [7, 11) is 0. The fourth-order valence-electron chi connectivity index (χ4n) is 2.85. The van der Waals surface area contributed by atoms with Crippen LogP contribution in [-0.2, 0) is 4.79 Å². The number of nitrogens with one attached hydrogen (secondary N) is 1. The maximum absolute atomic E-state index is 12.1. The van der Waals surface area contributed by atoms with E-state index >= 15 is 0 Å². The van der Waals surface area contributed by atoms with Crippen LogP contribution in [0.15, 0.2) is 0 Å². The van der Waals surface area contributed by atoms with Crippen molar-refractivity contribution in [2.24, 2.45) is 23.5 Å². The molecule has 0 aromatic heterocycles. The number of amides is 1. The SMILES string of the molecule is CC(C)CCC(C)NC(=O)CN1CCC(C)C(CN)C1. The highest BCUT2D eigenvalue weighted by atomic mass is 16.2. The molecule has 20 heavy (non-hydrogen) atoms. The molecular formula is C16H33N3O. The molecule has 0 aliphatic carbocycles. The summed E-state index contributed by atoms with van der Waals surface area (Å²) >= 11 is 0. The number of hydrogen-bond donors (Lipinski definition) is 2. The molecule has 3 N–H and O–H groups in total. The first kappa shape index (κ1) is 17.4. The minimum absolute atomic E-state index is 0.159. The third kappa shape index (κ3) is 6.23. The Morgan fingerprint density at radius 3 is 2.65 bits per heavy atom. The maximum atomic E-state index is 12.1. The van der Waals surface area contributed by atoms with Gasteiger partial charge in [-0.3, -0.25) is 9.69 Å². The van der Waals surface area contributed by atoms with Crippen molar-refractivity contribution < 1.29 is 4.79 Å². The fourth-order valence-corrected chi connectivity index (χ4v) is 2.85. The summed E-state index contributed by atoms with van der Waals surface area (Å²) in [6, 6.07) is 0.277. The standard InChI is InChI=1S/C16H33N3O/c1-12(2)5-6-14(4)18-16(20)11-19-8-7-13(3)15(9-17)10-19/h12-15H,5-11,17H2,1-4H3,(H,18,20). The topological polar surface area (TPSA) is 58.4 Å². The molecule has 118 valence electrons. The van der Waals surface area contributed by atoms with Gasteiger partial charge in [0.05, 0.1) is 6.54 Å². The van der Waals surface area contributed by atoms with Gasteiger partial charge in [-0.25, -0.2) is 0 Å². The third-order valence-corrected chi connectivity index (χ3v) is 4.45. The van der Waals surface area contributed by atoms with Crippen LogP contribution in [0.3, 0.4) is 0 Å². The van der Waals surface area contributed by atoms with Gasteiger partial charge < -0.3 is 11.1 Å². The molecule has 3 unspecified atom stereocenters. The summed E-state index contributed by atoms with van der Waals surface area (Å²) in [4.78, 5) is 14.3. The Morgan fingerprint density at radius 1 is 1.35 bits per heavy atom. The maximum Gasteiger partial charge on any atom is 0.234 e. The van der Waals surface area contributed by atoms with Crippen LogP contribution >= 0.6 is 0 Å². The lowest BCUT2D eigenvalue weighted by Gasteiger charge is -2.36. The minimum atomic E-state index is 0.159. The number of piperidine rings is 1. The molecule has 0 radical (unpaired) electrons. The lowest BCUT2D eigenvalue weighted by atomic mass is 9.87. The first-order chi connectivity index (χ1) is 9.42. The van der Waals surface area contributed by atoms with Crippen molar-refractivity contribution in [3.63, 3.8) is 0 Å². The van der Waals surface area contributed by atoms with Crippen LogP contribution in [0.4, 0.5) is 0 Å². The van der Waals surface area contributed by atoms with E-state index in [2.05, 4.69) is 37.9 Å². The molecule has 0 spiro atoms. The summed E-state index contributed by atoms with van der Waals surface area (Å²) < 4.78 is 0. The number of carbonyl (C=O) groups excluding carboxylic acids is 1. The van der Waals surface area contributed by atoms with Gasteiger partial charge in [-0.1, -0.05) is 20.8 Å². The number of hydrogen-bond acceptors (Lipinski definition) is 3. The number of carbonyl (C=O) groups is 1. The van der Waals surface area contributed by atoms with Gasteiger partial charge in [0, 0.05) is 12.6 Å². The van der Waals surface area contributed by atoms with Crippen LogP contribution in [0.1, 0.15) is 47.0 Å². The Bertz CT molecular complexity index is 293. The predicted molar refractivity (Wildman–Crippen MR) is 84.4 cm³/mol. The lowest BCUT2D eigenvalue weighted by Crippen LogP contribution is -2.47. The highest BCUT2D eigenvalue weighted by Gasteiger charge is 2.26. The molecule has 1 fully saturated rings. The molecule has 0 bridgehead atoms. The minimum Gasteiger partial charge on any atom is -0.353 e. The Labute approximate surface area is 124 Å². The zero-order valence-electron chi connectivity index (χ0n) is 13.7. The van der Waals surface area contributed by atoms with Gasteiger partial charge >= 0.3 is 0 Å². The normalized spacial score (nSPS) is 25.7. The second-order valence-electron chi connectivity index (χ2n) is 6.94. The van der Waals surface area contributed by atoms with E-state index in [1.807, 2.05) is 0 Å². The van der Waals surface area contributed by atoms with E-state index in [9.17, 15) is 4.79 Å². The van der Waals surface area contributed by atoms with E-state index < -0.39 is 0 Å². The van der Waals surface area contributed by atoms with Crippen LogP contribution in [-0.4, -0.2) is 43.0 Å². The summed E-state index contributed by atoms with van der Waals surface area (Å²) in [6.07, 6.45) is 3.38. The van der Waals surface area contributed by atoms with Gasteiger partial charge in [0.2, 0.25) is 5.91 Å². The number of rotatable bonds is 7.